The predicted molar refractivity (Wildman–Crippen MR) is 66.4 cm³/mol. The van der Waals surface area contributed by atoms with Crippen molar-refractivity contribution >= 4 is 21.7 Å². The molecule has 0 saturated heterocycles. The number of esters is 1. The van der Waals surface area contributed by atoms with E-state index in [2.05, 4.69) is 4.74 Å². The molecule has 2 N–H and O–H groups in total. The Balaban J connectivity index is 3.59. The van der Waals surface area contributed by atoms with Gasteiger partial charge in [0, 0.05) is 6.07 Å². The number of nitro benzene ring substituents is 1. The molecule has 0 radical (unpaired) electrons. The van der Waals surface area contributed by atoms with Gasteiger partial charge in [0.15, 0.2) is 5.56 Å². The van der Waals surface area contributed by atoms with Crippen LogP contribution in [0.3, 0.4) is 0 Å². The minimum Gasteiger partial charge on any atom is -0.465 e. The van der Waals surface area contributed by atoms with E-state index in [0.29, 0.717) is 0 Å². The lowest BCUT2D eigenvalue weighted by molar-refractivity contribution is -0.385. The molecule has 0 aliphatic heterocycles. The van der Waals surface area contributed by atoms with Gasteiger partial charge >= 0.3 is 5.97 Å². The van der Waals surface area contributed by atoms with E-state index in [4.69, 9.17) is 5.11 Å². The molecule has 0 bridgehead atoms. The summed E-state index contributed by atoms with van der Waals surface area (Å²) in [6, 6.07) is 3.10. The van der Waals surface area contributed by atoms with Gasteiger partial charge in [-0.05, 0) is 13.0 Å². The van der Waals surface area contributed by atoms with Crippen molar-refractivity contribution in [3.8, 4) is 0 Å². The number of carbonyl (C=O) groups is 1. The van der Waals surface area contributed by atoms with Crippen molar-refractivity contribution in [1.82, 2.24) is 4.72 Å². The summed E-state index contributed by atoms with van der Waals surface area (Å²) < 4.78 is 30.1. The molecule has 20 heavy (non-hydrogen) atoms. The molecule has 0 aromatic heterocycles. The summed E-state index contributed by atoms with van der Waals surface area (Å²) in [6.45, 7) is 1.15. The van der Waals surface area contributed by atoms with E-state index in [1.165, 1.54) is 0 Å². The van der Waals surface area contributed by atoms with Crippen molar-refractivity contribution in [1.29, 1.82) is 0 Å². The Morgan fingerprint density at radius 1 is 1.50 bits per heavy atom. The van der Waals surface area contributed by atoms with E-state index < -0.39 is 43.3 Å². The molecule has 0 fully saturated rings. The molecule has 9 nitrogen and oxygen atoms in total. The summed E-state index contributed by atoms with van der Waals surface area (Å²) in [5.41, 5.74) is -1.40. The minimum atomic E-state index is -4.31. The number of nitrogens with zero attached hydrogens (tertiary/aromatic N) is 1. The van der Waals surface area contributed by atoms with Crippen LogP contribution < -0.4 is 4.72 Å². The van der Waals surface area contributed by atoms with E-state index in [-0.39, 0.29) is 0 Å². The van der Waals surface area contributed by atoms with Crippen LogP contribution in [0.2, 0.25) is 0 Å². The maximum absolute atomic E-state index is 12.0. The number of ether oxygens (including phenoxy) is 1. The fourth-order valence-electron chi connectivity index (χ4n) is 1.49. The predicted octanol–water partition coefficient (Wildman–Crippen LogP) is -0.00200. The highest BCUT2D eigenvalue weighted by molar-refractivity contribution is 7.89. The lowest BCUT2D eigenvalue weighted by Crippen LogP contribution is -2.33. The molecule has 0 saturated carbocycles. The molecule has 1 rings (SSSR count). The van der Waals surface area contributed by atoms with Crippen molar-refractivity contribution < 1.29 is 28.0 Å². The van der Waals surface area contributed by atoms with E-state index in [1.807, 2.05) is 4.72 Å². The van der Waals surface area contributed by atoms with E-state index >= 15 is 0 Å². The number of rotatable bonds is 5. The number of carbonyl (C=O) groups excluding carboxylic acids is 1. The number of aliphatic hydroxyl groups is 1. The Bertz CT molecular complexity index is 639. The maximum Gasteiger partial charge on any atom is 0.346 e. The summed E-state index contributed by atoms with van der Waals surface area (Å²) in [4.78, 5) is 21.0. The largest absolute Gasteiger partial charge is 0.465 e. The molecule has 10 heteroatoms. The molecule has 0 heterocycles. The van der Waals surface area contributed by atoms with Gasteiger partial charge in [-0.25, -0.2) is 13.2 Å². The molecule has 1 aromatic rings. The number of hydrogen-bond donors (Lipinski definition) is 2. The Kier molecular flexibility index (Phi) is 4.76. The van der Waals surface area contributed by atoms with Crippen LogP contribution in [0.1, 0.15) is 17.3 Å². The number of aliphatic hydroxyl groups excluding tert-OH is 1. The summed E-state index contributed by atoms with van der Waals surface area (Å²) in [7, 11) is -3.34. The van der Waals surface area contributed by atoms with Crippen molar-refractivity contribution in [2.24, 2.45) is 0 Å². The number of sulfonamides is 1. The standard InChI is InChI=1S/C10H12N2O7S/c1-6(13)11-20(17,18)8-5-3-4-7(12(15)16)9(8)10(14)19-2/h3-6,11,13H,1-2H3. The first kappa shape index (κ1) is 16.0. The first-order chi connectivity index (χ1) is 9.20. The number of benzene rings is 1. The van der Waals surface area contributed by atoms with E-state index in [0.717, 1.165) is 32.2 Å². The van der Waals surface area contributed by atoms with Crippen LogP contribution in [0.15, 0.2) is 23.1 Å². The second kappa shape index (κ2) is 5.94. The number of methoxy groups -OCH3 is 1. The van der Waals surface area contributed by atoms with Gasteiger partial charge in [0.25, 0.3) is 5.69 Å². The van der Waals surface area contributed by atoms with Crippen molar-refractivity contribution in [2.45, 2.75) is 18.0 Å². The average Bonchev–Trinajstić information content (AvgIpc) is 2.35. The highest BCUT2D eigenvalue weighted by Crippen LogP contribution is 2.26. The molecule has 1 aromatic carbocycles. The van der Waals surface area contributed by atoms with Crippen molar-refractivity contribution in [2.75, 3.05) is 7.11 Å². The highest BCUT2D eigenvalue weighted by Gasteiger charge is 2.31. The average molecular weight is 304 g/mol. The Morgan fingerprint density at radius 3 is 2.55 bits per heavy atom. The Morgan fingerprint density at radius 2 is 2.10 bits per heavy atom. The molecule has 0 aliphatic carbocycles. The van der Waals surface area contributed by atoms with Gasteiger partial charge in [-0.15, -0.1) is 0 Å². The third-order valence-corrected chi connectivity index (χ3v) is 3.78. The molecule has 1 unspecified atom stereocenters. The summed E-state index contributed by atoms with van der Waals surface area (Å²) >= 11 is 0. The van der Waals surface area contributed by atoms with Gasteiger partial charge in [-0.2, -0.15) is 4.72 Å². The van der Waals surface area contributed by atoms with Gasteiger partial charge in [-0.3, -0.25) is 10.1 Å². The molecule has 0 amide bonds. The molecule has 0 aliphatic rings. The van der Waals surface area contributed by atoms with Gasteiger partial charge in [-0.1, -0.05) is 6.07 Å². The van der Waals surface area contributed by atoms with Crippen LogP contribution in [0.25, 0.3) is 0 Å². The maximum atomic E-state index is 12.0. The van der Waals surface area contributed by atoms with Crippen molar-refractivity contribution in [3.05, 3.63) is 33.9 Å². The van der Waals surface area contributed by atoms with Gasteiger partial charge in [0.1, 0.15) is 11.1 Å². The minimum absolute atomic E-state index is 0.639. The third-order valence-electron chi connectivity index (χ3n) is 2.21. The number of nitrogens with one attached hydrogen (secondary N) is 1. The Labute approximate surface area is 114 Å². The first-order valence-corrected chi connectivity index (χ1v) is 6.75. The normalized spacial score (nSPS) is 12.8. The summed E-state index contributed by atoms with van der Waals surface area (Å²) in [5, 5.41) is 20.0. The van der Waals surface area contributed by atoms with Crippen LogP contribution in [0, 0.1) is 10.1 Å². The lowest BCUT2D eigenvalue weighted by atomic mass is 10.2. The van der Waals surface area contributed by atoms with Gasteiger partial charge in [0.05, 0.1) is 12.0 Å². The van der Waals surface area contributed by atoms with Crippen LogP contribution in [-0.2, 0) is 14.8 Å². The molecule has 1 atom stereocenters. The smallest absolute Gasteiger partial charge is 0.346 e. The van der Waals surface area contributed by atoms with Gasteiger partial charge < -0.3 is 9.84 Å². The van der Waals surface area contributed by atoms with E-state index in [9.17, 15) is 23.3 Å². The van der Waals surface area contributed by atoms with Crippen LogP contribution in [0.4, 0.5) is 5.69 Å². The lowest BCUT2D eigenvalue weighted by Gasteiger charge is -2.11. The van der Waals surface area contributed by atoms with Crippen LogP contribution in [-0.4, -0.2) is 37.8 Å². The molecule has 110 valence electrons. The Hall–Kier alpha value is -2.04. The quantitative estimate of drug-likeness (QED) is 0.338. The second-order valence-corrected chi connectivity index (χ2v) is 5.38. The molecular formula is C10H12N2O7S. The monoisotopic (exact) mass is 304 g/mol. The van der Waals surface area contributed by atoms with Crippen LogP contribution in [0.5, 0.6) is 0 Å². The fraction of sp³-hybridized carbons (Fsp3) is 0.300. The fourth-order valence-corrected chi connectivity index (χ4v) is 2.78. The zero-order valence-corrected chi connectivity index (χ0v) is 11.4. The second-order valence-electron chi connectivity index (χ2n) is 3.70. The number of nitro groups is 1. The van der Waals surface area contributed by atoms with Gasteiger partial charge in [0.2, 0.25) is 10.0 Å². The number of hydrogen-bond acceptors (Lipinski definition) is 7. The van der Waals surface area contributed by atoms with E-state index in [1.54, 1.807) is 0 Å². The van der Waals surface area contributed by atoms with Crippen LogP contribution >= 0.6 is 0 Å². The summed E-state index contributed by atoms with van der Waals surface area (Å²) in [6.07, 6.45) is -1.43. The third kappa shape index (κ3) is 3.29. The SMILES string of the molecule is COC(=O)c1c([N+](=O)[O-])cccc1S(=O)(=O)NC(C)O. The zero-order valence-electron chi connectivity index (χ0n) is 10.6. The summed E-state index contributed by atoms with van der Waals surface area (Å²) in [5.74, 6) is -1.16. The molecule has 0 spiro atoms. The first-order valence-electron chi connectivity index (χ1n) is 5.27. The topological polar surface area (TPSA) is 136 Å². The molecular weight excluding hydrogens is 292 g/mol. The van der Waals surface area contributed by atoms with Crippen molar-refractivity contribution in [3.63, 3.8) is 0 Å². The highest BCUT2D eigenvalue weighted by atomic mass is 32.2. The zero-order chi connectivity index (χ0) is 15.5.